The van der Waals surface area contributed by atoms with Crippen LogP contribution in [-0.4, -0.2) is 37.4 Å². The number of hydrogen-bond acceptors (Lipinski definition) is 4. The van der Waals surface area contributed by atoms with Crippen molar-refractivity contribution in [3.63, 3.8) is 0 Å². The van der Waals surface area contributed by atoms with Gasteiger partial charge in [0.25, 0.3) is 0 Å². The molecule has 20 heavy (non-hydrogen) atoms. The number of ether oxygens (including phenoxy) is 2. The molecule has 6 heteroatoms. The Kier molecular flexibility index (Phi) is 3.65. The molecule has 0 atom stereocenters. The van der Waals surface area contributed by atoms with Gasteiger partial charge in [-0.05, 0) is 51.0 Å². The maximum atomic E-state index is 12.9. The molecule has 1 fully saturated rings. The molecule has 1 aromatic carbocycles. The molecule has 0 amide bonds. The first-order valence-electron chi connectivity index (χ1n) is 6.98. The first-order chi connectivity index (χ1) is 9.62. The number of hydrogen-bond donors (Lipinski definition) is 1. The van der Waals surface area contributed by atoms with Crippen LogP contribution in [0.1, 0.15) is 19.3 Å². The Morgan fingerprint density at radius 3 is 2.70 bits per heavy atom. The standard InChI is InChI=1S/C14H18F2N2O2/c15-14(16)19-12-5-4-11(10-13(12)20-14)17-6-3-9-18-7-1-2-8-18/h4-5,10,17H,1-3,6-9H2. The zero-order valence-corrected chi connectivity index (χ0v) is 11.2. The molecular weight excluding hydrogens is 266 g/mol. The Morgan fingerprint density at radius 2 is 1.90 bits per heavy atom. The fourth-order valence-corrected chi connectivity index (χ4v) is 2.60. The van der Waals surface area contributed by atoms with Crippen molar-refractivity contribution in [1.82, 2.24) is 4.90 Å². The minimum absolute atomic E-state index is 0.0811. The van der Waals surface area contributed by atoms with Crippen LogP contribution in [0, 0.1) is 0 Å². The SMILES string of the molecule is FC1(F)Oc2ccc(NCCCN3CCCC3)cc2O1. The van der Waals surface area contributed by atoms with Crippen LogP contribution in [0.2, 0.25) is 0 Å². The molecule has 1 aromatic rings. The molecular formula is C14H18F2N2O2. The largest absolute Gasteiger partial charge is 0.586 e. The summed E-state index contributed by atoms with van der Waals surface area (Å²) in [5.74, 6) is 0.164. The smallest absolute Gasteiger partial charge is 0.395 e. The zero-order chi connectivity index (χ0) is 14.0. The van der Waals surface area contributed by atoms with Gasteiger partial charge >= 0.3 is 6.29 Å². The van der Waals surface area contributed by atoms with Gasteiger partial charge in [-0.2, -0.15) is 0 Å². The summed E-state index contributed by atoms with van der Waals surface area (Å²) >= 11 is 0. The third-order valence-electron chi connectivity index (χ3n) is 3.58. The molecule has 2 aliphatic rings. The normalized spacial score (nSPS) is 20.3. The van der Waals surface area contributed by atoms with E-state index in [4.69, 9.17) is 0 Å². The summed E-state index contributed by atoms with van der Waals surface area (Å²) in [6.45, 7) is 4.28. The predicted octanol–water partition coefficient (Wildman–Crippen LogP) is 2.91. The number of halogens is 2. The zero-order valence-electron chi connectivity index (χ0n) is 11.2. The second-order valence-corrected chi connectivity index (χ2v) is 5.16. The summed E-state index contributed by atoms with van der Waals surface area (Å²) in [5, 5.41) is 3.22. The highest BCUT2D eigenvalue weighted by Crippen LogP contribution is 2.42. The molecule has 1 N–H and O–H groups in total. The van der Waals surface area contributed by atoms with E-state index in [1.54, 1.807) is 12.1 Å². The van der Waals surface area contributed by atoms with Crippen molar-refractivity contribution in [3.8, 4) is 11.5 Å². The first kappa shape index (κ1) is 13.4. The monoisotopic (exact) mass is 284 g/mol. The third kappa shape index (κ3) is 3.12. The summed E-state index contributed by atoms with van der Waals surface area (Å²) in [6.07, 6.45) is 0.0783. The van der Waals surface area contributed by atoms with E-state index in [-0.39, 0.29) is 11.5 Å². The van der Waals surface area contributed by atoms with Crippen LogP contribution in [0.25, 0.3) is 0 Å². The van der Waals surface area contributed by atoms with E-state index in [9.17, 15) is 8.78 Å². The highest BCUT2D eigenvalue weighted by Gasteiger charge is 2.43. The lowest BCUT2D eigenvalue weighted by Crippen LogP contribution is -2.25. The van der Waals surface area contributed by atoms with Gasteiger partial charge < -0.3 is 19.7 Å². The van der Waals surface area contributed by atoms with Crippen molar-refractivity contribution < 1.29 is 18.3 Å². The van der Waals surface area contributed by atoms with Crippen LogP contribution in [0.5, 0.6) is 11.5 Å². The number of likely N-dealkylation sites (tertiary alicyclic amines) is 1. The van der Waals surface area contributed by atoms with Crippen LogP contribution >= 0.6 is 0 Å². The predicted molar refractivity (Wildman–Crippen MR) is 71.4 cm³/mol. The van der Waals surface area contributed by atoms with E-state index in [0.29, 0.717) is 0 Å². The van der Waals surface area contributed by atoms with Crippen molar-refractivity contribution in [1.29, 1.82) is 0 Å². The molecule has 0 spiro atoms. The molecule has 0 aromatic heterocycles. The van der Waals surface area contributed by atoms with E-state index in [1.165, 1.54) is 32.0 Å². The molecule has 4 nitrogen and oxygen atoms in total. The molecule has 0 aliphatic carbocycles. The number of anilines is 1. The lowest BCUT2D eigenvalue weighted by Gasteiger charge is -2.14. The van der Waals surface area contributed by atoms with Gasteiger partial charge in [0.05, 0.1) is 0 Å². The minimum atomic E-state index is -3.54. The van der Waals surface area contributed by atoms with E-state index in [1.807, 2.05) is 0 Å². The number of nitrogens with zero attached hydrogens (tertiary/aromatic N) is 1. The summed E-state index contributed by atoms with van der Waals surface area (Å²) in [5.41, 5.74) is 0.770. The lowest BCUT2D eigenvalue weighted by atomic mass is 10.2. The summed E-state index contributed by atoms with van der Waals surface area (Å²) < 4.78 is 34.5. The topological polar surface area (TPSA) is 33.7 Å². The second-order valence-electron chi connectivity index (χ2n) is 5.16. The molecule has 110 valence electrons. The van der Waals surface area contributed by atoms with E-state index < -0.39 is 6.29 Å². The summed E-state index contributed by atoms with van der Waals surface area (Å²) in [7, 11) is 0. The Bertz CT molecular complexity index is 476. The fraction of sp³-hybridized carbons (Fsp3) is 0.571. The van der Waals surface area contributed by atoms with Gasteiger partial charge in [0.15, 0.2) is 11.5 Å². The van der Waals surface area contributed by atoms with Crippen LogP contribution in [0.15, 0.2) is 18.2 Å². The first-order valence-corrected chi connectivity index (χ1v) is 6.98. The van der Waals surface area contributed by atoms with Crippen molar-refractivity contribution in [2.75, 3.05) is 31.5 Å². The van der Waals surface area contributed by atoms with E-state index in [0.717, 1.165) is 25.2 Å². The Labute approximate surface area is 116 Å². The number of benzene rings is 1. The van der Waals surface area contributed by atoms with E-state index in [2.05, 4.69) is 19.7 Å². The minimum Gasteiger partial charge on any atom is -0.395 e. The van der Waals surface area contributed by atoms with Crippen LogP contribution in [-0.2, 0) is 0 Å². The van der Waals surface area contributed by atoms with Crippen molar-refractivity contribution >= 4 is 5.69 Å². The van der Waals surface area contributed by atoms with Crippen molar-refractivity contribution in [2.45, 2.75) is 25.6 Å². The average Bonchev–Trinajstić information content (AvgIpc) is 2.99. The van der Waals surface area contributed by atoms with Crippen LogP contribution in [0.4, 0.5) is 14.5 Å². The Morgan fingerprint density at radius 1 is 1.15 bits per heavy atom. The average molecular weight is 284 g/mol. The van der Waals surface area contributed by atoms with Gasteiger partial charge in [-0.3, -0.25) is 0 Å². The quantitative estimate of drug-likeness (QED) is 0.843. The fourth-order valence-electron chi connectivity index (χ4n) is 2.60. The number of nitrogens with one attached hydrogen (secondary N) is 1. The van der Waals surface area contributed by atoms with Crippen LogP contribution < -0.4 is 14.8 Å². The van der Waals surface area contributed by atoms with Crippen LogP contribution in [0.3, 0.4) is 0 Å². The van der Waals surface area contributed by atoms with Gasteiger partial charge in [-0.1, -0.05) is 0 Å². The van der Waals surface area contributed by atoms with Gasteiger partial charge in [-0.25, -0.2) is 0 Å². The molecule has 3 rings (SSSR count). The molecule has 0 bridgehead atoms. The maximum absolute atomic E-state index is 12.9. The molecule has 1 saturated heterocycles. The van der Waals surface area contributed by atoms with Gasteiger partial charge in [0.1, 0.15) is 0 Å². The summed E-state index contributed by atoms with van der Waals surface area (Å²) in [6, 6.07) is 4.77. The molecule has 2 heterocycles. The lowest BCUT2D eigenvalue weighted by molar-refractivity contribution is -0.286. The molecule has 0 unspecified atom stereocenters. The van der Waals surface area contributed by atoms with Crippen molar-refractivity contribution in [3.05, 3.63) is 18.2 Å². The Hall–Kier alpha value is -1.56. The van der Waals surface area contributed by atoms with Crippen molar-refractivity contribution in [2.24, 2.45) is 0 Å². The molecule has 2 aliphatic heterocycles. The third-order valence-corrected chi connectivity index (χ3v) is 3.58. The highest BCUT2D eigenvalue weighted by molar-refractivity contribution is 5.55. The maximum Gasteiger partial charge on any atom is 0.586 e. The number of alkyl halides is 2. The second kappa shape index (κ2) is 5.44. The Balaban J connectivity index is 1.47. The van der Waals surface area contributed by atoms with Gasteiger partial charge in [0.2, 0.25) is 0 Å². The molecule has 0 saturated carbocycles. The van der Waals surface area contributed by atoms with Gasteiger partial charge in [0, 0.05) is 18.3 Å². The van der Waals surface area contributed by atoms with E-state index >= 15 is 0 Å². The summed E-state index contributed by atoms with van der Waals surface area (Å²) in [4.78, 5) is 2.45. The van der Waals surface area contributed by atoms with Gasteiger partial charge in [-0.15, -0.1) is 8.78 Å². The number of rotatable bonds is 5. The molecule has 0 radical (unpaired) electrons. The highest BCUT2D eigenvalue weighted by atomic mass is 19.3. The number of fused-ring (bicyclic) bond motifs is 1.